The molecule has 2 aliphatic rings. The SMILES string of the molecule is COC(=O)c1cn([C@H](CC(=O)O)c2ccc(OC(C)C)c(OC)c2)cc2c(=O)[nH]nc1-2. The summed E-state index contributed by atoms with van der Waals surface area (Å²) in [6, 6.07) is 4.34. The maximum absolute atomic E-state index is 12.3. The Balaban J connectivity index is 2.18. The number of nitrogens with one attached hydrogen (secondary N) is 1. The standard InChI is InChI=1S/C21H23N3O7/c1-11(2)31-16-6-5-12(7-17(16)29-3)15(8-18(25)26)24-9-13-19(22-23-20(13)27)14(10-24)21(28)30-4/h5-7,9-11,15H,8H2,1-4H3,(H,23,27)(H,25,26)/t15-/m1/s1. The molecular formula is C21H23N3O7. The summed E-state index contributed by atoms with van der Waals surface area (Å²) < 4.78 is 17.4. The molecule has 0 unspecified atom stereocenters. The summed E-state index contributed by atoms with van der Waals surface area (Å²) in [4.78, 5) is 36.1. The highest BCUT2D eigenvalue weighted by molar-refractivity contribution is 5.96. The van der Waals surface area contributed by atoms with E-state index in [1.54, 1.807) is 18.2 Å². The molecule has 0 aromatic heterocycles. The van der Waals surface area contributed by atoms with Gasteiger partial charge < -0.3 is 23.9 Å². The molecule has 2 heterocycles. The number of methoxy groups -OCH3 is 2. The van der Waals surface area contributed by atoms with E-state index in [1.165, 1.54) is 31.2 Å². The van der Waals surface area contributed by atoms with Gasteiger partial charge in [0.15, 0.2) is 11.5 Å². The Morgan fingerprint density at radius 3 is 2.55 bits per heavy atom. The molecule has 0 saturated carbocycles. The number of fused-ring (bicyclic) bond motifs is 1. The van der Waals surface area contributed by atoms with Crippen LogP contribution in [0.5, 0.6) is 11.5 Å². The van der Waals surface area contributed by atoms with Crippen molar-refractivity contribution in [2.75, 3.05) is 14.2 Å². The first-order valence-corrected chi connectivity index (χ1v) is 9.49. The predicted octanol–water partition coefficient (Wildman–Crippen LogP) is 2.32. The lowest BCUT2D eigenvalue weighted by Crippen LogP contribution is -2.19. The number of carboxylic acids is 1. The minimum Gasteiger partial charge on any atom is -0.493 e. The summed E-state index contributed by atoms with van der Waals surface area (Å²) >= 11 is 0. The Labute approximate surface area is 177 Å². The van der Waals surface area contributed by atoms with E-state index in [0.29, 0.717) is 17.1 Å². The Morgan fingerprint density at radius 1 is 1.19 bits per heavy atom. The average molecular weight is 429 g/mol. The van der Waals surface area contributed by atoms with Crippen LogP contribution in [0, 0.1) is 0 Å². The van der Waals surface area contributed by atoms with Crippen LogP contribution in [0.15, 0.2) is 35.4 Å². The zero-order valence-electron chi connectivity index (χ0n) is 17.5. The molecule has 0 fully saturated rings. The van der Waals surface area contributed by atoms with Crippen molar-refractivity contribution in [2.45, 2.75) is 32.4 Å². The monoisotopic (exact) mass is 429 g/mol. The highest BCUT2D eigenvalue weighted by atomic mass is 16.5. The van der Waals surface area contributed by atoms with Gasteiger partial charge in [-0.25, -0.2) is 9.89 Å². The maximum Gasteiger partial charge on any atom is 0.341 e. The van der Waals surface area contributed by atoms with Gasteiger partial charge in [-0.2, -0.15) is 5.10 Å². The van der Waals surface area contributed by atoms with E-state index in [0.717, 1.165) is 0 Å². The number of ether oxygens (including phenoxy) is 3. The third-order valence-electron chi connectivity index (χ3n) is 4.65. The fourth-order valence-corrected chi connectivity index (χ4v) is 3.30. The number of esters is 1. The lowest BCUT2D eigenvalue weighted by atomic mass is 10.0. The Morgan fingerprint density at radius 2 is 1.94 bits per heavy atom. The third kappa shape index (κ3) is 4.52. The van der Waals surface area contributed by atoms with Gasteiger partial charge in [0.25, 0.3) is 5.56 Å². The second-order valence-electron chi connectivity index (χ2n) is 7.12. The predicted molar refractivity (Wildman–Crippen MR) is 110 cm³/mol. The van der Waals surface area contributed by atoms with Gasteiger partial charge in [0.2, 0.25) is 0 Å². The van der Waals surface area contributed by atoms with Gasteiger partial charge in [0.1, 0.15) is 11.3 Å². The fraction of sp³-hybridized carbons (Fsp3) is 0.333. The zero-order valence-corrected chi connectivity index (χ0v) is 17.5. The number of aromatic nitrogens is 3. The largest absolute Gasteiger partial charge is 0.493 e. The van der Waals surface area contributed by atoms with E-state index in [2.05, 4.69) is 10.2 Å². The number of hydrogen-bond acceptors (Lipinski definition) is 7. The van der Waals surface area contributed by atoms with Crippen LogP contribution in [0.2, 0.25) is 0 Å². The number of carbonyl (C=O) groups is 2. The molecule has 0 saturated heterocycles. The van der Waals surface area contributed by atoms with Crippen LogP contribution in [0.25, 0.3) is 11.3 Å². The number of benzene rings is 1. The molecule has 2 aliphatic heterocycles. The van der Waals surface area contributed by atoms with Crippen molar-refractivity contribution in [3.63, 3.8) is 0 Å². The van der Waals surface area contributed by atoms with E-state index in [1.807, 2.05) is 13.8 Å². The molecule has 0 aliphatic carbocycles. The van der Waals surface area contributed by atoms with Crippen LogP contribution < -0.4 is 15.0 Å². The normalized spacial score (nSPS) is 12.0. The van der Waals surface area contributed by atoms with E-state index in [4.69, 9.17) is 14.2 Å². The number of carboxylic acid groups (broad SMARTS) is 1. The highest BCUT2D eigenvalue weighted by Crippen LogP contribution is 2.34. The number of aliphatic carboxylic acids is 1. The second kappa shape index (κ2) is 8.90. The molecule has 10 nitrogen and oxygen atoms in total. The summed E-state index contributed by atoms with van der Waals surface area (Å²) in [7, 11) is 2.70. The van der Waals surface area contributed by atoms with E-state index >= 15 is 0 Å². The molecule has 2 N–H and O–H groups in total. The van der Waals surface area contributed by atoms with Crippen LogP contribution in [0.4, 0.5) is 0 Å². The number of aromatic amines is 1. The van der Waals surface area contributed by atoms with Gasteiger partial charge in [-0.1, -0.05) is 6.07 Å². The highest BCUT2D eigenvalue weighted by Gasteiger charge is 2.26. The topological polar surface area (TPSA) is 133 Å². The van der Waals surface area contributed by atoms with Crippen molar-refractivity contribution in [1.29, 1.82) is 0 Å². The van der Waals surface area contributed by atoms with Crippen LogP contribution in [0.3, 0.4) is 0 Å². The zero-order chi connectivity index (χ0) is 22.7. The quantitative estimate of drug-likeness (QED) is 0.521. The molecule has 10 heteroatoms. The molecule has 1 aromatic rings. The van der Waals surface area contributed by atoms with Crippen molar-refractivity contribution < 1.29 is 28.9 Å². The molecule has 3 rings (SSSR count). The van der Waals surface area contributed by atoms with Crippen molar-refractivity contribution in [3.8, 4) is 22.8 Å². The third-order valence-corrected chi connectivity index (χ3v) is 4.65. The number of pyridine rings is 1. The molecule has 0 radical (unpaired) electrons. The van der Waals surface area contributed by atoms with Crippen molar-refractivity contribution >= 4 is 11.9 Å². The molecule has 0 bridgehead atoms. The van der Waals surface area contributed by atoms with Crippen LogP contribution >= 0.6 is 0 Å². The van der Waals surface area contributed by atoms with Gasteiger partial charge in [-0.3, -0.25) is 9.59 Å². The summed E-state index contributed by atoms with van der Waals surface area (Å²) in [5.41, 5.74) is 0.430. The average Bonchev–Trinajstić information content (AvgIpc) is 3.11. The second-order valence-corrected chi connectivity index (χ2v) is 7.12. The molecule has 1 atom stereocenters. The minimum absolute atomic E-state index is 0.0421. The van der Waals surface area contributed by atoms with Crippen molar-refractivity contribution in [3.05, 3.63) is 52.1 Å². The van der Waals surface area contributed by atoms with Crippen LogP contribution in [-0.4, -0.2) is 52.1 Å². The molecular weight excluding hydrogens is 406 g/mol. The van der Waals surface area contributed by atoms with Crippen LogP contribution in [-0.2, 0) is 9.53 Å². The van der Waals surface area contributed by atoms with E-state index in [-0.39, 0.29) is 29.3 Å². The number of nitrogens with zero attached hydrogens (tertiary/aromatic N) is 2. The van der Waals surface area contributed by atoms with Gasteiger partial charge in [-0.05, 0) is 31.5 Å². The summed E-state index contributed by atoms with van der Waals surface area (Å²) in [6.07, 6.45) is 2.50. The molecule has 0 amide bonds. The number of rotatable bonds is 8. The Hall–Kier alpha value is -3.82. The van der Waals surface area contributed by atoms with Crippen molar-refractivity contribution in [1.82, 2.24) is 14.8 Å². The number of H-pyrrole nitrogens is 1. The minimum atomic E-state index is -1.06. The Kier molecular flexibility index (Phi) is 6.28. The van der Waals surface area contributed by atoms with Gasteiger partial charge in [-0.15, -0.1) is 0 Å². The van der Waals surface area contributed by atoms with E-state index < -0.39 is 23.5 Å². The summed E-state index contributed by atoms with van der Waals surface area (Å²) in [5.74, 6) is -0.807. The van der Waals surface area contributed by atoms with Gasteiger partial charge in [0, 0.05) is 12.4 Å². The summed E-state index contributed by atoms with van der Waals surface area (Å²) in [6.45, 7) is 3.76. The molecule has 1 aromatic carbocycles. The molecule has 31 heavy (non-hydrogen) atoms. The maximum atomic E-state index is 12.3. The molecule has 0 spiro atoms. The summed E-state index contributed by atoms with van der Waals surface area (Å²) in [5, 5.41) is 15.7. The fourth-order valence-electron chi connectivity index (χ4n) is 3.30. The van der Waals surface area contributed by atoms with Gasteiger partial charge in [0.05, 0.1) is 38.3 Å². The van der Waals surface area contributed by atoms with E-state index in [9.17, 15) is 19.5 Å². The first-order chi connectivity index (χ1) is 14.7. The lowest BCUT2D eigenvalue weighted by molar-refractivity contribution is -0.137. The first-order valence-electron chi connectivity index (χ1n) is 9.49. The first kappa shape index (κ1) is 21.9. The number of carbonyl (C=O) groups excluding carboxylic acids is 1. The number of hydrogen-bond donors (Lipinski definition) is 2. The van der Waals surface area contributed by atoms with Gasteiger partial charge >= 0.3 is 11.9 Å². The van der Waals surface area contributed by atoms with Crippen molar-refractivity contribution in [2.24, 2.45) is 0 Å². The molecule has 164 valence electrons. The van der Waals surface area contributed by atoms with Crippen LogP contribution in [0.1, 0.15) is 42.2 Å². The smallest absolute Gasteiger partial charge is 0.341 e. The lowest BCUT2D eigenvalue weighted by Gasteiger charge is -2.23. The Bertz CT molecular complexity index is 1130.